The molecule has 9 heteroatoms. The van der Waals surface area contributed by atoms with Gasteiger partial charge in [0.2, 0.25) is 5.69 Å². The summed E-state index contributed by atoms with van der Waals surface area (Å²) >= 11 is 6.12. The van der Waals surface area contributed by atoms with E-state index in [4.69, 9.17) is 16.3 Å². The largest absolute Gasteiger partial charge is 0.464 e. The molecule has 1 N–H and O–H groups in total. The number of carbonyl (C=O) groups excluding carboxylic acids is 1. The Balaban J connectivity index is 0.00000288. The third-order valence-corrected chi connectivity index (χ3v) is 3.62. The highest BCUT2D eigenvalue weighted by Crippen LogP contribution is 2.23. The van der Waals surface area contributed by atoms with E-state index in [1.54, 1.807) is 6.07 Å². The number of nitrogens with zero attached hydrogens (tertiary/aromatic N) is 4. The van der Waals surface area contributed by atoms with E-state index in [9.17, 15) is 4.79 Å². The number of carbonyl (C=O) groups is 1. The number of esters is 1. The molecule has 0 radical (unpaired) electrons. The normalized spacial score (nSPS) is 10.4. The molecule has 24 heavy (non-hydrogen) atoms. The van der Waals surface area contributed by atoms with Gasteiger partial charge in [0.15, 0.2) is 5.82 Å². The van der Waals surface area contributed by atoms with Crippen LogP contribution in [0, 0.1) is 6.92 Å². The van der Waals surface area contributed by atoms with E-state index in [1.165, 1.54) is 11.9 Å². The number of hydrogen-bond acceptors (Lipinski definition) is 6. The van der Waals surface area contributed by atoms with Crippen LogP contribution in [0.4, 0.5) is 11.5 Å². The zero-order valence-electron chi connectivity index (χ0n) is 14.0. The maximum atomic E-state index is 11.9. The number of aromatic nitrogens is 3. The molecular weight excluding hydrogens is 353 g/mol. The first-order valence-electron chi connectivity index (χ1n) is 7.12. The Bertz CT molecular complexity index is 703. The lowest BCUT2D eigenvalue weighted by Crippen LogP contribution is -2.20. The van der Waals surface area contributed by atoms with Crippen molar-refractivity contribution in [3.63, 3.8) is 0 Å². The van der Waals surface area contributed by atoms with Gasteiger partial charge in [0.25, 0.3) is 0 Å². The fourth-order valence-electron chi connectivity index (χ4n) is 1.86. The van der Waals surface area contributed by atoms with Crippen molar-refractivity contribution in [2.45, 2.75) is 13.5 Å². The summed E-state index contributed by atoms with van der Waals surface area (Å²) in [6.07, 6.45) is 0. The molecule has 0 spiro atoms. The number of aryl methyl sites for hydroxylation is 1. The Kier molecular flexibility index (Phi) is 7.47. The number of hydrogen-bond donors (Lipinski definition) is 1. The van der Waals surface area contributed by atoms with Crippen LogP contribution in [0.5, 0.6) is 0 Å². The summed E-state index contributed by atoms with van der Waals surface area (Å²) in [6.45, 7) is 3.24. The van der Waals surface area contributed by atoms with Gasteiger partial charge < -0.3 is 15.0 Å². The Morgan fingerprint density at radius 2 is 2.08 bits per heavy atom. The number of benzene rings is 1. The quantitative estimate of drug-likeness (QED) is 0.784. The molecule has 0 atom stereocenters. The van der Waals surface area contributed by atoms with Crippen LogP contribution in [0.15, 0.2) is 18.2 Å². The summed E-state index contributed by atoms with van der Waals surface area (Å²) in [4.78, 5) is 15.4. The summed E-state index contributed by atoms with van der Waals surface area (Å²) in [5.74, 6) is -0.197. The summed E-state index contributed by atoms with van der Waals surface area (Å²) in [7, 11) is 5.23. The maximum absolute atomic E-state index is 11.9. The zero-order valence-corrected chi connectivity index (χ0v) is 15.6. The molecule has 132 valence electrons. The van der Waals surface area contributed by atoms with Crippen molar-refractivity contribution in [3.05, 3.63) is 34.5 Å². The van der Waals surface area contributed by atoms with Crippen molar-refractivity contribution in [1.82, 2.24) is 19.9 Å². The van der Waals surface area contributed by atoms with Crippen molar-refractivity contribution in [2.24, 2.45) is 0 Å². The molecule has 0 fully saturated rings. The summed E-state index contributed by atoms with van der Waals surface area (Å²) < 4.78 is 4.77. The van der Waals surface area contributed by atoms with E-state index in [-0.39, 0.29) is 18.1 Å². The lowest BCUT2D eigenvalue weighted by Gasteiger charge is -2.07. The Morgan fingerprint density at radius 1 is 1.38 bits per heavy atom. The van der Waals surface area contributed by atoms with E-state index in [0.29, 0.717) is 17.4 Å². The second-order valence-corrected chi connectivity index (χ2v) is 5.78. The second-order valence-electron chi connectivity index (χ2n) is 5.38. The van der Waals surface area contributed by atoms with Gasteiger partial charge in [-0.15, -0.1) is 22.6 Å². The molecule has 2 rings (SSSR count). The van der Waals surface area contributed by atoms with Crippen molar-refractivity contribution >= 4 is 41.5 Å². The third-order valence-electron chi connectivity index (χ3n) is 3.22. The lowest BCUT2D eigenvalue weighted by molar-refractivity contribution is 0.0594. The van der Waals surface area contributed by atoms with Crippen LogP contribution in [0.1, 0.15) is 16.1 Å². The van der Waals surface area contributed by atoms with E-state index >= 15 is 0 Å². The molecule has 1 aromatic heterocycles. The summed E-state index contributed by atoms with van der Waals surface area (Å²) in [5, 5.41) is 12.2. The van der Waals surface area contributed by atoms with Crippen LogP contribution in [-0.4, -0.2) is 53.6 Å². The average Bonchev–Trinajstić information content (AvgIpc) is 2.91. The van der Waals surface area contributed by atoms with Crippen molar-refractivity contribution < 1.29 is 9.53 Å². The van der Waals surface area contributed by atoms with Crippen LogP contribution >= 0.6 is 24.0 Å². The third kappa shape index (κ3) is 5.09. The zero-order chi connectivity index (χ0) is 17.0. The Labute approximate surface area is 152 Å². The first kappa shape index (κ1) is 20.2. The standard InChI is InChI=1S/C15H20ClN5O2.ClH/c1-10-5-6-11(9-12(10)16)17-14-13(15(22)23-4)18-21(19-14)8-7-20(2)3;/h5-6,9H,7-8H2,1-4H3,(H,17,19);1H. The van der Waals surface area contributed by atoms with Gasteiger partial charge in [0.05, 0.1) is 13.7 Å². The Morgan fingerprint density at radius 3 is 2.67 bits per heavy atom. The molecule has 0 saturated heterocycles. The minimum atomic E-state index is -0.540. The van der Waals surface area contributed by atoms with Gasteiger partial charge in [-0.1, -0.05) is 17.7 Å². The molecule has 0 unspecified atom stereocenters. The fourth-order valence-corrected chi connectivity index (χ4v) is 2.04. The van der Waals surface area contributed by atoms with Gasteiger partial charge in [0.1, 0.15) is 0 Å². The first-order chi connectivity index (χ1) is 10.9. The highest BCUT2D eigenvalue weighted by molar-refractivity contribution is 6.31. The van der Waals surface area contributed by atoms with E-state index in [2.05, 4.69) is 15.5 Å². The van der Waals surface area contributed by atoms with E-state index < -0.39 is 5.97 Å². The van der Waals surface area contributed by atoms with Crippen molar-refractivity contribution in [2.75, 3.05) is 33.1 Å². The SMILES string of the molecule is COC(=O)c1nn(CCN(C)C)nc1Nc1ccc(C)c(Cl)c1.Cl. The van der Waals surface area contributed by atoms with Gasteiger partial charge in [-0.2, -0.15) is 4.80 Å². The highest BCUT2D eigenvalue weighted by atomic mass is 35.5. The van der Waals surface area contributed by atoms with Crippen LogP contribution in [0.25, 0.3) is 0 Å². The molecule has 0 saturated carbocycles. The predicted octanol–water partition coefficient (Wildman–Crippen LogP) is 2.75. The van der Waals surface area contributed by atoms with Crippen LogP contribution in [0.3, 0.4) is 0 Å². The number of halogens is 2. The van der Waals surface area contributed by atoms with Crippen LogP contribution in [0.2, 0.25) is 5.02 Å². The van der Waals surface area contributed by atoms with Gasteiger partial charge >= 0.3 is 5.97 Å². The number of likely N-dealkylation sites (N-methyl/N-ethyl adjacent to an activating group) is 1. The first-order valence-corrected chi connectivity index (χ1v) is 7.50. The molecule has 1 heterocycles. The number of anilines is 2. The topological polar surface area (TPSA) is 72.3 Å². The number of nitrogens with one attached hydrogen (secondary N) is 1. The second kappa shape index (κ2) is 8.86. The number of methoxy groups -OCH3 is 1. The van der Waals surface area contributed by atoms with Crippen molar-refractivity contribution in [3.8, 4) is 0 Å². The Hall–Kier alpha value is -1.83. The van der Waals surface area contributed by atoms with Crippen LogP contribution in [-0.2, 0) is 11.3 Å². The molecule has 1 aromatic carbocycles. The molecule has 7 nitrogen and oxygen atoms in total. The minimum Gasteiger partial charge on any atom is -0.464 e. The fraction of sp³-hybridized carbons (Fsp3) is 0.400. The van der Waals surface area contributed by atoms with E-state index in [0.717, 1.165) is 17.8 Å². The number of ether oxygens (including phenoxy) is 1. The molecule has 0 aliphatic carbocycles. The molecule has 2 aromatic rings. The highest BCUT2D eigenvalue weighted by Gasteiger charge is 2.19. The molecular formula is C15H21Cl2N5O2. The monoisotopic (exact) mass is 373 g/mol. The van der Waals surface area contributed by atoms with E-state index in [1.807, 2.05) is 38.1 Å². The van der Waals surface area contributed by atoms with Gasteiger partial charge in [-0.3, -0.25) is 0 Å². The summed E-state index contributed by atoms with van der Waals surface area (Å²) in [5.41, 5.74) is 1.84. The van der Waals surface area contributed by atoms with Crippen molar-refractivity contribution in [1.29, 1.82) is 0 Å². The van der Waals surface area contributed by atoms with Crippen LogP contribution < -0.4 is 5.32 Å². The smallest absolute Gasteiger partial charge is 0.362 e. The van der Waals surface area contributed by atoms with Gasteiger partial charge in [0, 0.05) is 17.3 Å². The maximum Gasteiger partial charge on any atom is 0.362 e. The lowest BCUT2D eigenvalue weighted by atomic mass is 10.2. The average molecular weight is 374 g/mol. The molecule has 0 aliphatic heterocycles. The molecule has 0 bridgehead atoms. The minimum absolute atomic E-state index is 0. The predicted molar refractivity (Wildman–Crippen MR) is 96.6 cm³/mol. The number of rotatable bonds is 6. The van der Waals surface area contributed by atoms with Gasteiger partial charge in [-0.25, -0.2) is 4.79 Å². The summed E-state index contributed by atoms with van der Waals surface area (Å²) in [6, 6.07) is 5.52. The molecule has 0 amide bonds. The molecule has 0 aliphatic rings. The van der Waals surface area contributed by atoms with Gasteiger partial charge in [-0.05, 0) is 38.7 Å².